The molecular weight excluding hydrogens is 260 g/mol. The van der Waals surface area contributed by atoms with E-state index in [1.54, 1.807) is 29.4 Å². The fraction of sp³-hybridized carbons (Fsp3) is 0.143. The van der Waals surface area contributed by atoms with E-state index < -0.39 is 0 Å². The molecule has 0 aliphatic carbocycles. The number of rotatable bonds is 3. The predicted molar refractivity (Wildman–Crippen MR) is 78.1 cm³/mol. The Morgan fingerprint density at radius 3 is 2.78 bits per heavy atom. The standard InChI is InChI=1S/C14H12N2S2/c1-10(11-5-3-2-4-6-11)18-14-12-7-8-17-13(12)15-9-16-14/h2-10H,1H3. The highest BCUT2D eigenvalue weighted by atomic mass is 32.2. The van der Waals surface area contributed by atoms with Crippen LogP contribution in [0.5, 0.6) is 0 Å². The van der Waals surface area contributed by atoms with Gasteiger partial charge in [0.2, 0.25) is 0 Å². The van der Waals surface area contributed by atoms with Crippen LogP contribution >= 0.6 is 23.1 Å². The summed E-state index contributed by atoms with van der Waals surface area (Å²) in [5.41, 5.74) is 1.32. The van der Waals surface area contributed by atoms with Gasteiger partial charge in [-0.25, -0.2) is 9.97 Å². The van der Waals surface area contributed by atoms with Crippen molar-refractivity contribution in [3.05, 3.63) is 53.7 Å². The molecular formula is C14H12N2S2. The van der Waals surface area contributed by atoms with Gasteiger partial charge in [-0.1, -0.05) is 42.1 Å². The maximum Gasteiger partial charge on any atom is 0.127 e. The first-order valence-corrected chi connectivity index (χ1v) is 7.50. The van der Waals surface area contributed by atoms with Gasteiger partial charge in [-0.3, -0.25) is 0 Å². The third-order valence-electron chi connectivity index (χ3n) is 2.78. The van der Waals surface area contributed by atoms with Gasteiger partial charge in [0.1, 0.15) is 16.2 Å². The molecule has 1 atom stereocenters. The molecule has 0 saturated heterocycles. The van der Waals surface area contributed by atoms with E-state index >= 15 is 0 Å². The van der Waals surface area contributed by atoms with Crippen molar-refractivity contribution in [1.29, 1.82) is 0 Å². The summed E-state index contributed by atoms with van der Waals surface area (Å²) < 4.78 is 0. The smallest absolute Gasteiger partial charge is 0.127 e. The number of thiophene rings is 1. The second-order valence-corrected chi connectivity index (χ2v) is 6.21. The van der Waals surface area contributed by atoms with Gasteiger partial charge in [0.25, 0.3) is 0 Å². The van der Waals surface area contributed by atoms with E-state index in [0.717, 1.165) is 15.2 Å². The van der Waals surface area contributed by atoms with Gasteiger partial charge in [-0.15, -0.1) is 11.3 Å². The van der Waals surface area contributed by atoms with E-state index in [0.29, 0.717) is 5.25 Å². The van der Waals surface area contributed by atoms with Crippen molar-refractivity contribution in [2.75, 3.05) is 0 Å². The van der Waals surface area contributed by atoms with Crippen LogP contribution in [0.2, 0.25) is 0 Å². The predicted octanol–water partition coefficient (Wildman–Crippen LogP) is 4.54. The van der Waals surface area contributed by atoms with Crippen molar-refractivity contribution in [3.63, 3.8) is 0 Å². The summed E-state index contributed by atoms with van der Waals surface area (Å²) in [4.78, 5) is 9.74. The van der Waals surface area contributed by atoms with Crippen LogP contribution in [-0.4, -0.2) is 9.97 Å². The molecule has 0 aliphatic rings. The van der Waals surface area contributed by atoms with Gasteiger partial charge < -0.3 is 0 Å². The average molecular weight is 272 g/mol. The van der Waals surface area contributed by atoms with Crippen LogP contribution in [-0.2, 0) is 0 Å². The number of fused-ring (bicyclic) bond motifs is 1. The number of thioether (sulfide) groups is 1. The van der Waals surface area contributed by atoms with Crippen LogP contribution in [0, 0.1) is 0 Å². The van der Waals surface area contributed by atoms with E-state index in [4.69, 9.17) is 0 Å². The van der Waals surface area contributed by atoms with Gasteiger partial charge in [0.05, 0.1) is 0 Å². The van der Waals surface area contributed by atoms with Crippen LogP contribution in [0.25, 0.3) is 10.2 Å². The zero-order valence-corrected chi connectivity index (χ0v) is 11.5. The molecule has 0 spiro atoms. The molecule has 1 aromatic carbocycles. The van der Waals surface area contributed by atoms with E-state index in [2.05, 4.69) is 52.6 Å². The molecule has 2 aromatic heterocycles. The molecule has 0 saturated carbocycles. The number of benzene rings is 1. The topological polar surface area (TPSA) is 25.8 Å². The Labute approximate surface area is 114 Å². The maximum absolute atomic E-state index is 4.40. The quantitative estimate of drug-likeness (QED) is 0.517. The molecule has 90 valence electrons. The molecule has 0 bridgehead atoms. The minimum atomic E-state index is 0.393. The summed E-state index contributed by atoms with van der Waals surface area (Å²) in [6, 6.07) is 12.6. The number of aromatic nitrogens is 2. The van der Waals surface area contributed by atoms with Crippen molar-refractivity contribution in [2.24, 2.45) is 0 Å². The fourth-order valence-electron chi connectivity index (χ4n) is 1.82. The highest BCUT2D eigenvalue weighted by Crippen LogP contribution is 2.37. The van der Waals surface area contributed by atoms with Crippen molar-refractivity contribution in [2.45, 2.75) is 17.2 Å². The lowest BCUT2D eigenvalue weighted by Gasteiger charge is -2.11. The zero-order chi connectivity index (χ0) is 12.4. The van der Waals surface area contributed by atoms with Crippen molar-refractivity contribution >= 4 is 33.3 Å². The molecule has 0 aliphatic heterocycles. The molecule has 0 amide bonds. The Kier molecular flexibility index (Phi) is 3.30. The molecule has 0 N–H and O–H groups in total. The lowest BCUT2D eigenvalue weighted by Crippen LogP contribution is -1.90. The minimum absolute atomic E-state index is 0.393. The van der Waals surface area contributed by atoms with Gasteiger partial charge in [-0.2, -0.15) is 0 Å². The third kappa shape index (κ3) is 2.26. The lowest BCUT2D eigenvalue weighted by molar-refractivity contribution is 1.06. The first-order valence-electron chi connectivity index (χ1n) is 5.74. The summed E-state index contributed by atoms with van der Waals surface area (Å²) in [5.74, 6) is 0. The molecule has 3 rings (SSSR count). The molecule has 18 heavy (non-hydrogen) atoms. The first kappa shape index (κ1) is 11.7. The second-order valence-electron chi connectivity index (χ2n) is 3.99. The Morgan fingerprint density at radius 1 is 1.11 bits per heavy atom. The largest absolute Gasteiger partial charge is 0.229 e. The molecule has 0 radical (unpaired) electrons. The molecule has 2 heterocycles. The molecule has 2 nitrogen and oxygen atoms in total. The van der Waals surface area contributed by atoms with Crippen LogP contribution in [0.4, 0.5) is 0 Å². The lowest BCUT2D eigenvalue weighted by atomic mass is 10.2. The number of nitrogens with zero attached hydrogens (tertiary/aromatic N) is 2. The van der Waals surface area contributed by atoms with Gasteiger partial charge >= 0.3 is 0 Å². The Bertz CT molecular complexity index is 649. The fourth-order valence-corrected chi connectivity index (χ4v) is 3.65. The van der Waals surface area contributed by atoms with Crippen molar-refractivity contribution in [3.8, 4) is 0 Å². The Balaban J connectivity index is 1.91. The molecule has 3 aromatic rings. The summed E-state index contributed by atoms with van der Waals surface area (Å²) in [7, 11) is 0. The Morgan fingerprint density at radius 2 is 1.94 bits per heavy atom. The highest BCUT2D eigenvalue weighted by Gasteiger charge is 2.11. The summed E-state index contributed by atoms with van der Waals surface area (Å²) >= 11 is 3.45. The second kappa shape index (κ2) is 5.08. The van der Waals surface area contributed by atoms with Crippen LogP contribution < -0.4 is 0 Å². The normalized spacial score (nSPS) is 12.7. The molecule has 4 heteroatoms. The monoisotopic (exact) mass is 272 g/mol. The SMILES string of the molecule is CC(Sc1ncnc2sccc12)c1ccccc1. The van der Waals surface area contributed by atoms with Crippen molar-refractivity contribution < 1.29 is 0 Å². The maximum atomic E-state index is 4.40. The Hall–Kier alpha value is -1.39. The minimum Gasteiger partial charge on any atom is -0.229 e. The van der Waals surface area contributed by atoms with E-state index in [9.17, 15) is 0 Å². The van der Waals surface area contributed by atoms with E-state index in [1.807, 2.05) is 6.07 Å². The molecule has 1 unspecified atom stereocenters. The zero-order valence-electron chi connectivity index (χ0n) is 9.91. The first-order chi connectivity index (χ1) is 8.84. The number of hydrogen-bond acceptors (Lipinski definition) is 4. The van der Waals surface area contributed by atoms with Gasteiger partial charge in [0, 0.05) is 10.6 Å². The van der Waals surface area contributed by atoms with Crippen LogP contribution in [0.3, 0.4) is 0 Å². The summed E-state index contributed by atoms with van der Waals surface area (Å²) in [6.45, 7) is 2.21. The average Bonchev–Trinajstić information content (AvgIpc) is 2.89. The van der Waals surface area contributed by atoms with E-state index in [1.165, 1.54) is 5.56 Å². The van der Waals surface area contributed by atoms with Crippen LogP contribution in [0.1, 0.15) is 17.7 Å². The number of hydrogen-bond donors (Lipinski definition) is 0. The van der Waals surface area contributed by atoms with Gasteiger partial charge in [0.15, 0.2) is 0 Å². The molecule has 0 fully saturated rings. The highest BCUT2D eigenvalue weighted by molar-refractivity contribution is 7.99. The van der Waals surface area contributed by atoms with Gasteiger partial charge in [-0.05, 0) is 23.9 Å². The third-order valence-corrected chi connectivity index (χ3v) is 4.78. The van der Waals surface area contributed by atoms with Crippen molar-refractivity contribution in [1.82, 2.24) is 9.97 Å². The summed E-state index contributed by atoms with van der Waals surface area (Å²) in [6.07, 6.45) is 1.65. The van der Waals surface area contributed by atoms with E-state index in [-0.39, 0.29) is 0 Å². The summed E-state index contributed by atoms with van der Waals surface area (Å²) in [5, 5.41) is 4.69. The van der Waals surface area contributed by atoms with Crippen LogP contribution in [0.15, 0.2) is 53.1 Å².